The lowest BCUT2D eigenvalue weighted by atomic mass is 9.87. The molecule has 1 aliphatic heterocycles. The number of hydrogen-bond acceptors (Lipinski definition) is 2. The van der Waals surface area contributed by atoms with Crippen molar-refractivity contribution >= 4 is 0 Å². The van der Waals surface area contributed by atoms with Crippen LogP contribution in [0.5, 0.6) is 0 Å². The number of rotatable bonds is 1. The first kappa shape index (κ1) is 9.55. The van der Waals surface area contributed by atoms with Gasteiger partial charge in [-0.2, -0.15) is 0 Å². The number of β-amino-alcohol motifs (C(OH)–C–C–N with tert-alkyl or cyclic N) is 1. The Bertz CT molecular complexity index is 375. The van der Waals surface area contributed by atoms with Crippen LogP contribution in [0.4, 0.5) is 8.78 Å². The van der Waals surface area contributed by atoms with E-state index >= 15 is 0 Å². The molecule has 0 radical (unpaired) electrons. The summed E-state index contributed by atoms with van der Waals surface area (Å²) in [7, 11) is 0. The summed E-state index contributed by atoms with van der Waals surface area (Å²) in [6.45, 7) is 2.03. The SMILES string of the molecule is Cc1ccc(C2(O)CNC2)c(F)c1F. The third kappa shape index (κ3) is 1.22. The number of nitrogens with one attached hydrogen (secondary N) is 1. The normalized spacial score (nSPS) is 19.1. The van der Waals surface area contributed by atoms with Gasteiger partial charge in [-0.1, -0.05) is 12.1 Å². The summed E-state index contributed by atoms with van der Waals surface area (Å²) in [6, 6.07) is 2.92. The molecule has 1 aromatic rings. The van der Waals surface area contributed by atoms with E-state index in [2.05, 4.69) is 5.32 Å². The number of halogens is 2. The van der Waals surface area contributed by atoms with E-state index in [-0.39, 0.29) is 24.2 Å². The van der Waals surface area contributed by atoms with E-state index in [1.54, 1.807) is 0 Å². The van der Waals surface area contributed by atoms with Crippen molar-refractivity contribution in [2.45, 2.75) is 12.5 Å². The molecule has 1 saturated heterocycles. The average Bonchev–Trinajstić information content (AvgIpc) is 2.11. The van der Waals surface area contributed by atoms with Gasteiger partial charge < -0.3 is 10.4 Å². The minimum atomic E-state index is -1.24. The number of aliphatic hydroxyl groups is 1. The molecule has 0 saturated carbocycles. The molecule has 0 aliphatic carbocycles. The molecule has 0 spiro atoms. The Morgan fingerprint density at radius 3 is 2.43 bits per heavy atom. The van der Waals surface area contributed by atoms with Crippen LogP contribution in [0.25, 0.3) is 0 Å². The Kier molecular flexibility index (Phi) is 2.05. The predicted molar refractivity (Wildman–Crippen MR) is 47.9 cm³/mol. The summed E-state index contributed by atoms with van der Waals surface area (Å²) in [4.78, 5) is 0. The number of aryl methyl sites for hydroxylation is 1. The van der Waals surface area contributed by atoms with Gasteiger partial charge in [0.25, 0.3) is 0 Å². The second-order valence-electron chi connectivity index (χ2n) is 3.69. The van der Waals surface area contributed by atoms with Crippen molar-refractivity contribution in [3.05, 3.63) is 34.9 Å². The maximum Gasteiger partial charge on any atom is 0.165 e. The predicted octanol–water partition coefficient (Wildman–Crippen LogP) is 1.06. The van der Waals surface area contributed by atoms with Crippen molar-refractivity contribution in [3.63, 3.8) is 0 Å². The summed E-state index contributed by atoms with van der Waals surface area (Å²) < 4.78 is 26.6. The molecule has 2 nitrogen and oxygen atoms in total. The van der Waals surface area contributed by atoms with Crippen LogP contribution in [0.3, 0.4) is 0 Å². The second-order valence-corrected chi connectivity index (χ2v) is 3.69. The van der Waals surface area contributed by atoms with E-state index < -0.39 is 17.2 Å². The van der Waals surface area contributed by atoms with Gasteiger partial charge in [0.15, 0.2) is 11.6 Å². The number of benzene rings is 1. The molecule has 0 unspecified atom stereocenters. The van der Waals surface area contributed by atoms with Gasteiger partial charge in [-0.15, -0.1) is 0 Å². The highest BCUT2D eigenvalue weighted by Crippen LogP contribution is 2.29. The Hall–Kier alpha value is -1.00. The van der Waals surface area contributed by atoms with Crippen molar-refractivity contribution < 1.29 is 13.9 Å². The van der Waals surface area contributed by atoms with Gasteiger partial charge in [-0.3, -0.25) is 0 Å². The zero-order valence-corrected chi connectivity index (χ0v) is 7.77. The summed E-state index contributed by atoms with van der Waals surface area (Å²) in [5.74, 6) is -1.81. The highest BCUT2D eigenvalue weighted by atomic mass is 19.2. The van der Waals surface area contributed by atoms with Crippen LogP contribution in [0.2, 0.25) is 0 Å². The van der Waals surface area contributed by atoms with E-state index in [0.29, 0.717) is 0 Å². The van der Waals surface area contributed by atoms with E-state index in [1.165, 1.54) is 19.1 Å². The molecule has 1 aliphatic rings. The monoisotopic (exact) mass is 199 g/mol. The minimum absolute atomic E-state index is 0.0411. The zero-order chi connectivity index (χ0) is 10.3. The Labute approximate surface area is 80.6 Å². The standard InChI is InChI=1S/C10H11F2NO/c1-6-2-3-7(9(12)8(6)11)10(14)4-13-5-10/h2-3,13-14H,4-5H2,1H3. The minimum Gasteiger partial charge on any atom is -0.382 e. The zero-order valence-electron chi connectivity index (χ0n) is 7.77. The molecular formula is C10H11F2NO. The molecule has 0 aromatic heterocycles. The molecule has 0 amide bonds. The van der Waals surface area contributed by atoms with Crippen molar-refractivity contribution in [1.82, 2.24) is 5.32 Å². The van der Waals surface area contributed by atoms with E-state index in [0.717, 1.165) is 0 Å². The van der Waals surface area contributed by atoms with Gasteiger partial charge in [0.1, 0.15) is 5.60 Å². The number of hydrogen-bond donors (Lipinski definition) is 2. The first-order valence-electron chi connectivity index (χ1n) is 4.43. The first-order chi connectivity index (χ1) is 6.54. The molecule has 4 heteroatoms. The average molecular weight is 199 g/mol. The van der Waals surface area contributed by atoms with Crippen molar-refractivity contribution in [2.24, 2.45) is 0 Å². The molecule has 2 N–H and O–H groups in total. The van der Waals surface area contributed by atoms with Crippen molar-refractivity contribution in [2.75, 3.05) is 13.1 Å². The molecule has 1 aromatic carbocycles. The lowest BCUT2D eigenvalue weighted by Gasteiger charge is -2.38. The van der Waals surface area contributed by atoms with Gasteiger partial charge in [0, 0.05) is 18.7 Å². The van der Waals surface area contributed by atoms with Crippen LogP contribution in [0.15, 0.2) is 12.1 Å². The summed E-state index contributed by atoms with van der Waals surface area (Å²) >= 11 is 0. The highest BCUT2D eigenvalue weighted by Gasteiger charge is 2.39. The van der Waals surface area contributed by atoms with Crippen LogP contribution < -0.4 is 5.32 Å². The molecule has 1 heterocycles. The molecule has 0 atom stereocenters. The Balaban J connectivity index is 2.49. The highest BCUT2D eigenvalue weighted by molar-refractivity contribution is 5.32. The fourth-order valence-corrected chi connectivity index (χ4v) is 1.56. The van der Waals surface area contributed by atoms with Gasteiger partial charge in [0.2, 0.25) is 0 Å². The topological polar surface area (TPSA) is 32.3 Å². The largest absolute Gasteiger partial charge is 0.382 e. The maximum atomic E-state index is 13.4. The van der Waals surface area contributed by atoms with E-state index in [4.69, 9.17) is 0 Å². The summed E-state index contributed by atoms with van der Waals surface area (Å²) in [6.07, 6.45) is 0. The fourth-order valence-electron chi connectivity index (χ4n) is 1.56. The molecule has 1 fully saturated rings. The van der Waals surface area contributed by atoms with Gasteiger partial charge in [0.05, 0.1) is 0 Å². The van der Waals surface area contributed by atoms with Gasteiger partial charge in [-0.25, -0.2) is 8.78 Å². The van der Waals surface area contributed by atoms with Crippen LogP contribution in [-0.4, -0.2) is 18.2 Å². The molecule has 0 bridgehead atoms. The third-order valence-corrected chi connectivity index (χ3v) is 2.61. The van der Waals surface area contributed by atoms with Crippen LogP contribution >= 0.6 is 0 Å². The Morgan fingerprint density at radius 2 is 1.93 bits per heavy atom. The maximum absolute atomic E-state index is 13.4. The third-order valence-electron chi connectivity index (χ3n) is 2.61. The fraction of sp³-hybridized carbons (Fsp3) is 0.400. The lowest BCUT2D eigenvalue weighted by Crippen LogP contribution is -2.57. The van der Waals surface area contributed by atoms with E-state index in [9.17, 15) is 13.9 Å². The van der Waals surface area contributed by atoms with Crippen molar-refractivity contribution in [1.29, 1.82) is 0 Å². The molecule has 2 rings (SSSR count). The quantitative estimate of drug-likeness (QED) is 0.709. The summed E-state index contributed by atoms with van der Waals surface area (Å²) in [5, 5.41) is 12.6. The smallest absolute Gasteiger partial charge is 0.165 e. The molecule has 14 heavy (non-hydrogen) atoms. The Morgan fingerprint density at radius 1 is 1.29 bits per heavy atom. The second kappa shape index (κ2) is 3.00. The van der Waals surface area contributed by atoms with Crippen molar-refractivity contribution in [3.8, 4) is 0 Å². The molecule has 76 valence electrons. The van der Waals surface area contributed by atoms with Crippen LogP contribution in [0.1, 0.15) is 11.1 Å². The summed E-state index contributed by atoms with van der Waals surface area (Å²) in [5.41, 5.74) is -0.944. The van der Waals surface area contributed by atoms with Gasteiger partial charge in [-0.05, 0) is 12.5 Å². The van der Waals surface area contributed by atoms with Crippen LogP contribution in [-0.2, 0) is 5.60 Å². The van der Waals surface area contributed by atoms with Crippen LogP contribution in [0, 0.1) is 18.6 Å². The van der Waals surface area contributed by atoms with E-state index in [1.807, 2.05) is 0 Å². The first-order valence-corrected chi connectivity index (χ1v) is 4.43. The van der Waals surface area contributed by atoms with Gasteiger partial charge >= 0.3 is 0 Å². The lowest BCUT2D eigenvalue weighted by molar-refractivity contribution is -0.0182. The molecular weight excluding hydrogens is 188 g/mol.